The molecular formula is C21H21N5O3S. The number of methoxy groups -OCH3 is 1. The molecule has 0 bridgehead atoms. The normalized spacial score (nSPS) is 13.8. The summed E-state index contributed by atoms with van der Waals surface area (Å²) < 4.78 is 5.45. The molecule has 4 rings (SSSR count). The van der Waals surface area contributed by atoms with Crippen LogP contribution in [0.3, 0.4) is 0 Å². The van der Waals surface area contributed by atoms with Crippen molar-refractivity contribution in [3.63, 3.8) is 0 Å². The van der Waals surface area contributed by atoms with E-state index in [0.717, 1.165) is 11.4 Å². The van der Waals surface area contributed by atoms with Crippen molar-refractivity contribution >= 4 is 34.5 Å². The van der Waals surface area contributed by atoms with Crippen LogP contribution in [0.15, 0.2) is 54.3 Å². The molecule has 154 valence electrons. The average Bonchev–Trinajstić information content (AvgIpc) is 3.27. The fourth-order valence-corrected chi connectivity index (χ4v) is 4.18. The van der Waals surface area contributed by atoms with E-state index in [9.17, 15) is 9.59 Å². The third kappa shape index (κ3) is 4.11. The Morgan fingerprint density at radius 2 is 1.90 bits per heavy atom. The number of nitrogens with zero attached hydrogens (tertiary/aromatic N) is 4. The highest BCUT2D eigenvalue weighted by atomic mass is 32.1. The summed E-state index contributed by atoms with van der Waals surface area (Å²) in [4.78, 5) is 37.9. The van der Waals surface area contributed by atoms with Gasteiger partial charge in [-0.05, 0) is 23.6 Å². The molecule has 0 atom stereocenters. The maximum Gasteiger partial charge on any atom is 0.275 e. The Labute approximate surface area is 178 Å². The van der Waals surface area contributed by atoms with Gasteiger partial charge in [0, 0.05) is 38.6 Å². The molecule has 0 spiro atoms. The predicted octanol–water partition coefficient (Wildman–Crippen LogP) is 2.76. The zero-order valence-electron chi connectivity index (χ0n) is 16.4. The Hall–Kier alpha value is -3.46. The number of thiophene rings is 1. The smallest absolute Gasteiger partial charge is 0.275 e. The molecule has 3 aromatic rings. The summed E-state index contributed by atoms with van der Waals surface area (Å²) in [6, 6.07) is 9.61. The highest BCUT2D eigenvalue weighted by Gasteiger charge is 2.26. The van der Waals surface area contributed by atoms with Gasteiger partial charge in [-0.2, -0.15) is 0 Å². The highest BCUT2D eigenvalue weighted by molar-refractivity contribution is 7.12. The first kappa shape index (κ1) is 19.8. The van der Waals surface area contributed by atoms with Crippen molar-refractivity contribution in [1.82, 2.24) is 14.9 Å². The van der Waals surface area contributed by atoms with Crippen molar-refractivity contribution in [3.05, 3.63) is 64.9 Å². The summed E-state index contributed by atoms with van der Waals surface area (Å²) in [5.41, 5.74) is 1.72. The molecule has 0 saturated carbocycles. The zero-order valence-corrected chi connectivity index (χ0v) is 17.3. The number of benzene rings is 1. The first-order chi connectivity index (χ1) is 14.7. The second-order valence-corrected chi connectivity index (χ2v) is 7.58. The Bertz CT molecular complexity index is 1030. The monoisotopic (exact) mass is 423 g/mol. The maximum atomic E-state index is 13.1. The summed E-state index contributed by atoms with van der Waals surface area (Å²) in [7, 11) is 1.66. The van der Waals surface area contributed by atoms with E-state index in [1.807, 2.05) is 29.2 Å². The molecule has 0 radical (unpaired) electrons. The van der Waals surface area contributed by atoms with Gasteiger partial charge in [0.05, 0.1) is 24.7 Å². The number of amides is 2. The standard InChI is InChI=1S/C21H21N5O3S/c1-29-18-5-3-2-4-17(18)25-9-11-26(12-10-25)21(28)19-15(6-13-30-19)24-20(27)16-14-22-7-8-23-16/h2-8,13-14H,9-12H2,1H3,(H,24,27). The van der Waals surface area contributed by atoms with Gasteiger partial charge in [0.2, 0.25) is 0 Å². The maximum absolute atomic E-state index is 13.1. The number of carbonyl (C=O) groups is 2. The largest absolute Gasteiger partial charge is 0.495 e. The molecule has 8 nitrogen and oxygen atoms in total. The van der Waals surface area contributed by atoms with E-state index in [0.29, 0.717) is 36.7 Å². The van der Waals surface area contributed by atoms with Crippen LogP contribution in [0.5, 0.6) is 5.75 Å². The number of piperazine rings is 1. The van der Waals surface area contributed by atoms with E-state index in [4.69, 9.17) is 4.74 Å². The van der Waals surface area contributed by atoms with Gasteiger partial charge in [-0.1, -0.05) is 12.1 Å². The summed E-state index contributed by atoms with van der Waals surface area (Å²) in [5.74, 6) is 0.347. The summed E-state index contributed by atoms with van der Waals surface area (Å²) in [6.45, 7) is 2.59. The van der Waals surface area contributed by atoms with Gasteiger partial charge < -0.3 is 19.9 Å². The number of ether oxygens (including phenoxy) is 1. The van der Waals surface area contributed by atoms with Crippen LogP contribution in [0.4, 0.5) is 11.4 Å². The van der Waals surface area contributed by atoms with Crippen molar-refractivity contribution < 1.29 is 14.3 Å². The van der Waals surface area contributed by atoms with Gasteiger partial charge in [-0.25, -0.2) is 4.98 Å². The van der Waals surface area contributed by atoms with Crippen LogP contribution in [-0.4, -0.2) is 60.0 Å². The number of nitrogens with one attached hydrogen (secondary N) is 1. The molecule has 1 aliphatic rings. The molecule has 1 saturated heterocycles. The molecule has 0 aliphatic carbocycles. The number of hydrogen-bond acceptors (Lipinski definition) is 7. The van der Waals surface area contributed by atoms with Gasteiger partial charge in [0.25, 0.3) is 11.8 Å². The number of carbonyl (C=O) groups excluding carboxylic acids is 2. The molecule has 3 heterocycles. The van der Waals surface area contributed by atoms with E-state index in [2.05, 4.69) is 20.2 Å². The Morgan fingerprint density at radius 3 is 2.63 bits per heavy atom. The molecule has 0 unspecified atom stereocenters. The van der Waals surface area contributed by atoms with Crippen LogP contribution in [0, 0.1) is 0 Å². The quantitative estimate of drug-likeness (QED) is 0.679. The third-order valence-corrected chi connectivity index (χ3v) is 5.80. The van der Waals surface area contributed by atoms with Crippen LogP contribution >= 0.6 is 11.3 Å². The lowest BCUT2D eigenvalue weighted by molar-refractivity contribution is 0.0752. The van der Waals surface area contributed by atoms with Gasteiger partial charge in [0.1, 0.15) is 16.3 Å². The Morgan fingerprint density at radius 1 is 1.10 bits per heavy atom. The van der Waals surface area contributed by atoms with Gasteiger partial charge in [-0.15, -0.1) is 11.3 Å². The first-order valence-electron chi connectivity index (χ1n) is 9.49. The van der Waals surface area contributed by atoms with Crippen molar-refractivity contribution in [2.75, 3.05) is 43.5 Å². The minimum absolute atomic E-state index is 0.0841. The minimum atomic E-state index is -0.392. The molecule has 2 aromatic heterocycles. The predicted molar refractivity (Wildman–Crippen MR) is 115 cm³/mol. The second kappa shape index (κ2) is 8.91. The van der Waals surface area contributed by atoms with Crippen molar-refractivity contribution in [3.8, 4) is 5.75 Å². The van der Waals surface area contributed by atoms with Crippen LogP contribution < -0.4 is 15.0 Å². The molecule has 1 aliphatic heterocycles. The number of para-hydroxylation sites is 2. The molecular weight excluding hydrogens is 402 g/mol. The summed E-state index contributed by atoms with van der Waals surface area (Å²) in [5, 5.41) is 4.57. The number of rotatable bonds is 5. The van der Waals surface area contributed by atoms with E-state index in [1.165, 1.54) is 29.9 Å². The van der Waals surface area contributed by atoms with Gasteiger partial charge >= 0.3 is 0 Å². The summed E-state index contributed by atoms with van der Waals surface area (Å²) >= 11 is 1.32. The molecule has 1 aromatic carbocycles. The van der Waals surface area contributed by atoms with Crippen molar-refractivity contribution in [2.24, 2.45) is 0 Å². The molecule has 30 heavy (non-hydrogen) atoms. The van der Waals surface area contributed by atoms with Crippen LogP contribution in [-0.2, 0) is 0 Å². The highest BCUT2D eigenvalue weighted by Crippen LogP contribution is 2.29. The molecule has 9 heteroatoms. The molecule has 1 fully saturated rings. The zero-order chi connectivity index (χ0) is 20.9. The average molecular weight is 423 g/mol. The van der Waals surface area contributed by atoms with Crippen LogP contribution in [0.1, 0.15) is 20.2 Å². The Balaban J connectivity index is 1.42. The SMILES string of the molecule is COc1ccccc1N1CCN(C(=O)c2sccc2NC(=O)c2cnccn2)CC1. The van der Waals surface area contributed by atoms with E-state index in [-0.39, 0.29) is 11.6 Å². The number of anilines is 2. The molecule has 2 amide bonds. The number of aromatic nitrogens is 2. The van der Waals surface area contributed by atoms with Gasteiger partial charge in [-0.3, -0.25) is 14.6 Å². The topological polar surface area (TPSA) is 87.7 Å². The van der Waals surface area contributed by atoms with E-state index >= 15 is 0 Å². The lowest BCUT2D eigenvalue weighted by Crippen LogP contribution is -2.48. The van der Waals surface area contributed by atoms with Crippen LogP contribution in [0.2, 0.25) is 0 Å². The lowest BCUT2D eigenvalue weighted by Gasteiger charge is -2.36. The lowest BCUT2D eigenvalue weighted by atomic mass is 10.2. The van der Waals surface area contributed by atoms with Gasteiger partial charge in [0.15, 0.2) is 0 Å². The fourth-order valence-electron chi connectivity index (χ4n) is 3.36. The fraction of sp³-hybridized carbons (Fsp3) is 0.238. The van der Waals surface area contributed by atoms with E-state index < -0.39 is 5.91 Å². The van der Waals surface area contributed by atoms with Crippen molar-refractivity contribution in [1.29, 1.82) is 0 Å². The van der Waals surface area contributed by atoms with Crippen LogP contribution in [0.25, 0.3) is 0 Å². The third-order valence-electron chi connectivity index (χ3n) is 4.90. The number of hydrogen-bond donors (Lipinski definition) is 1. The first-order valence-corrected chi connectivity index (χ1v) is 10.4. The molecule has 1 N–H and O–H groups in total. The Kier molecular flexibility index (Phi) is 5.89. The van der Waals surface area contributed by atoms with Crippen molar-refractivity contribution in [2.45, 2.75) is 0 Å². The second-order valence-electron chi connectivity index (χ2n) is 6.66. The summed E-state index contributed by atoms with van der Waals surface area (Å²) in [6.07, 6.45) is 4.34. The van der Waals surface area contributed by atoms with E-state index in [1.54, 1.807) is 18.6 Å². The minimum Gasteiger partial charge on any atom is -0.495 e.